The van der Waals surface area contributed by atoms with Crippen LogP contribution in [0.5, 0.6) is 5.75 Å². The Morgan fingerprint density at radius 1 is 1.39 bits per heavy atom. The van der Waals surface area contributed by atoms with Crippen molar-refractivity contribution in [3.63, 3.8) is 0 Å². The van der Waals surface area contributed by atoms with E-state index in [0.29, 0.717) is 11.3 Å². The van der Waals surface area contributed by atoms with Crippen LogP contribution >= 0.6 is 0 Å². The van der Waals surface area contributed by atoms with E-state index in [1.54, 1.807) is 13.0 Å². The minimum Gasteiger partial charge on any atom is -0.454 e. The van der Waals surface area contributed by atoms with Crippen LogP contribution in [0.25, 0.3) is 0 Å². The van der Waals surface area contributed by atoms with Gasteiger partial charge in [-0.3, -0.25) is 19.6 Å². The number of rotatable bonds is 7. The lowest BCUT2D eigenvalue weighted by molar-refractivity contribution is -0.385. The Labute approximate surface area is 156 Å². The van der Waals surface area contributed by atoms with E-state index in [1.165, 1.54) is 35.1 Å². The molecule has 1 N–H and O–H groups in total. The summed E-state index contributed by atoms with van der Waals surface area (Å²) in [4.78, 5) is 22.4. The highest BCUT2D eigenvalue weighted by atomic mass is 19.3. The molecule has 146 valence electrons. The number of alkyl halides is 2. The Morgan fingerprint density at radius 3 is 2.86 bits per heavy atom. The van der Waals surface area contributed by atoms with Gasteiger partial charge in [0.2, 0.25) is 0 Å². The van der Waals surface area contributed by atoms with E-state index < -0.39 is 17.4 Å². The third kappa shape index (κ3) is 4.50. The number of furan rings is 1. The Hall–Kier alpha value is -3.76. The first-order valence-electron chi connectivity index (χ1n) is 7.94. The molecule has 0 unspecified atom stereocenters. The molecule has 0 fully saturated rings. The van der Waals surface area contributed by atoms with Crippen LogP contribution in [-0.4, -0.2) is 27.2 Å². The normalized spacial score (nSPS) is 10.9. The molecule has 0 aliphatic heterocycles. The quantitative estimate of drug-likeness (QED) is 0.486. The van der Waals surface area contributed by atoms with Gasteiger partial charge in [-0.05, 0) is 36.8 Å². The smallest absolute Gasteiger partial charge is 0.387 e. The number of nitrogens with zero attached hydrogens (tertiary/aromatic N) is 3. The van der Waals surface area contributed by atoms with E-state index in [1.807, 2.05) is 0 Å². The summed E-state index contributed by atoms with van der Waals surface area (Å²) in [6.07, 6.45) is 2.32. The van der Waals surface area contributed by atoms with Gasteiger partial charge in [-0.2, -0.15) is 13.9 Å². The third-order valence-corrected chi connectivity index (χ3v) is 3.64. The molecule has 1 amide bonds. The van der Waals surface area contributed by atoms with Crippen molar-refractivity contribution in [3.05, 3.63) is 69.9 Å². The van der Waals surface area contributed by atoms with Gasteiger partial charge in [0.25, 0.3) is 5.91 Å². The first kappa shape index (κ1) is 19.0. The maximum atomic E-state index is 12.6. The predicted octanol–water partition coefficient (Wildman–Crippen LogP) is 3.59. The van der Waals surface area contributed by atoms with E-state index >= 15 is 0 Å². The molecule has 0 bridgehead atoms. The van der Waals surface area contributed by atoms with Crippen molar-refractivity contribution >= 4 is 17.3 Å². The molecule has 2 heterocycles. The molecular formula is C17H14F2N4O5. The van der Waals surface area contributed by atoms with Crippen molar-refractivity contribution in [1.82, 2.24) is 9.78 Å². The second-order valence-electron chi connectivity index (χ2n) is 5.75. The summed E-state index contributed by atoms with van der Waals surface area (Å²) in [5, 5.41) is 16.9. The molecule has 0 spiro atoms. The van der Waals surface area contributed by atoms with Crippen molar-refractivity contribution in [2.24, 2.45) is 0 Å². The Kier molecular flexibility index (Phi) is 5.34. The average Bonchev–Trinajstić information content (AvgIpc) is 3.27. The zero-order valence-electron chi connectivity index (χ0n) is 14.5. The van der Waals surface area contributed by atoms with Gasteiger partial charge in [-0.1, -0.05) is 6.07 Å². The van der Waals surface area contributed by atoms with Crippen molar-refractivity contribution in [2.75, 3.05) is 5.32 Å². The highest BCUT2D eigenvalue weighted by Crippen LogP contribution is 2.28. The molecule has 11 heteroatoms. The number of benzene rings is 1. The van der Waals surface area contributed by atoms with Gasteiger partial charge in [0, 0.05) is 0 Å². The van der Waals surface area contributed by atoms with Crippen LogP contribution < -0.4 is 10.1 Å². The van der Waals surface area contributed by atoms with Crippen LogP contribution in [0.2, 0.25) is 0 Å². The molecule has 0 atom stereocenters. The van der Waals surface area contributed by atoms with Crippen molar-refractivity contribution in [3.8, 4) is 5.75 Å². The molecule has 28 heavy (non-hydrogen) atoms. The summed E-state index contributed by atoms with van der Waals surface area (Å²) < 4.78 is 36.2. The Bertz CT molecular complexity index is 1010. The average molecular weight is 392 g/mol. The molecule has 0 aliphatic carbocycles. The predicted molar refractivity (Wildman–Crippen MR) is 92.5 cm³/mol. The number of anilines is 1. The fourth-order valence-corrected chi connectivity index (χ4v) is 2.39. The summed E-state index contributed by atoms with van der Waals surface area (Å²) in [6.45, 7) is -1.26. The number of ether oxygens (including phenoxy) is 1. The number of nitro groups is 1. The van der Waals surface area contributed by atoms with Crippen LogP contribution in [0.4, 0.5) is 20.2 Å². The number of carbonyl (C=O) groups is 1. The number of halogens is 2. The number of hydrogen-bond acceptors (Lipinski definition) is 6. The van der Waals surface area contributed by atoms with E-state index in [0.717, 1.165) is 6.20 Å². The van der Waals surface area contributed by atoms with E-state index in [2.05, 4.69) is 15.2 Å². The molecule has 0 saturated carbocycles. The minimum atomic E-state index is -3.04. The molecule has 0 saturated heterocycles. The van der Waals surface area contributed by atoms with Crippen LogP contribution in [0.3, 0.4) is 0 Å². The number of aromatic nitrogens is 2. The third-order valence-electron chi connectivity index (χ3n) is 3.64. The van der Waals surface area contributed by atoms with Crippen molar-refractivity contribution in [2.45, 2.75) is 20.1 Å². The van der Waals surface area contributed by atoms with Gasteiger partial charge in [0.05, 0.1) is 17.2 Å². The topological polar surface area (TPSA) is 112 Å². The highest BCUT2D eigenvalue weighted by molar-refractivity contribution is 6.03. The molecule has 9 nitrogen and oxygen atoms in total. The first-order valence-corrected chi connectivity index (χ1v) is 7.94. The van der Waals surface area contributed by atoms with Gasteiger partial charge in [0.1, 0.15) is 23.9 Å². The summed E-state index contributed by atoms with van der Waals surface area (Å²) in [6, 6.07) is 7.35. The molecule has 3 aromatic rings. The van der Waals surface area contributed by atoms with Gasteiger partial charge < -0.3 is 14.5 Å². The summed E-state index contributed by atoms with van der Waals surface area (Å²) in [7, 11) is 0. The van der Waals surface area contributed by atoms with Gasteiger partial charge in [0.15, 0.2) is 5.76 Å². The van der Waals surface area contributed by atoms with Crippen LogP contribution in [-0.2, 0) is 6.54 Å². The van der Waals surface area contributed by atoms with E-state index in [-0.39, 0.29) is 29.4 Å². The van der Waals surface area contributed by atoms with Crippen LogP contribution in [0, 0.1) is 17.0 Å². The number of hydrogen-bond donors (Lipinski definition) is 1. The largest absolute Gasteiger partial charge is 0.454 e. The number of nitrogens with one attached hydrogen (secondary N) is 1. The number of amides is 1. The fourth-order valence-electron chi connectivity index (χ4n) is 2.39. The van der Waals surface area contributed by atoms with Crippen LogP contribution in [0.1, 0.15) is 21.9 Å². The molecule has 1 aromatic carbocycles. The van der Waals surface area contributed by atoms with E-state index in [4.69, 9.17) is 4.42 Å². The van der Waals surface area contributed by atoms with Gasteiger partial charge >= 0.3 is 12.3 Å². The lowest BCUT2D eigenvalue weighted by Crippen LogP contribution is -2.13. The molecule has 2 aromatic heterocycles. The Morgan fingerprint density at radius 2 is 2.18 bits per heavy atom. The zero-order chi connectivity index (χ0) is 20.3. The minimum absolute atomic E-state index is 0.0663. The zero-order valence-corrected chi connectivity index (χ0v) is 14.5. The van der Waals surface area contributed by atoms with Crippen molar-refractivity contribution in [1.29, 1.82) is 0 Å². The van der Waals surface area contributed by atoms with Crippen LogP contribution in [0.15, 0.2) is 47.1 Å². The first-order chi connectivity index (χ1) is 13.3. The summed E-state index contributed by atoms with van der Waals surface area (Å²) >= 11 is 0. The fraction of sp³-hybridized carbons (Fsp3) is 0.176. The maximum absolute atomic E-state index is 12.6. The molecule has 0 aliphatic rings. The standard InChI is InChI=1S/C17H14F2N4O5/c1-10-2-4-13(15(6-10)28-17(18)19)21-16(24)14-5-3-12(27-14)9-22-8-11(7-20-22)23(25)26/h2-8,17H,9H2,1H3,(H,21,24). The summed E-state index contributed by atoms with van der Waals surface area (Å²) in [5.74, 6) is -0.573. The summed E-state index contributed by atoms with van der Waals surface area (Å²) in [5.41, 5.74) is 0.578. The molecular weight excluding hydrogens is 378 g/mol. The number of carbonyl (C=O) groups excluding carboxylic acids is 1. The molecule has 3 rings (SSSR count). The maximum Gasteiger partial charge on any atom is 0.387 e. The monoisotopic (exact) mass is 392 g/mol. The Balaban J connectivity index is 1.71. The van der Waals surface area contributed by atoms with Gasteiger partial charge in [-0.25, -0.2) is 0 Å². The second kappa shape index (κ2) is 7.86. The lowest BCUT2D eigenvalue weighted by atomic mass is 10.2. The van der Waals surface area contributed by atoms with Crippen molar-refractivity contribution < 1.29 is 27.7 Å². The lowest BCUT2D eigenvalue weighted by Gasteiger charge is -2.12. The highest BCUT2D eigenvalue weighted by Gasteiger charge is 2.17. The number of aryl methyl sites for hydroxylation is 1. The molecule has 0 radical (unpaired) electrons. The van der Waals surface area contributed by atoms with E-state index in [9.17, 15) is 23.7 Å². The van der Waals surface area contributed by atoms with Gasteiger partial charge in [-0.15, -0.1) is 0 Å². The second-order valence-corrected chi connectivity index (χ2v) is 5.75. The SMILES string of the molecule is Cc1ccc(NC(=O)c2ccc(Cn3cc([N+](=O)[O-])cn3)o2)c(OC(F)F)c1.